The number of nitrogens with zero attached hydrogens (tertiary/aromatic N) is 1. The molecule has 204 valence electrons. The van der Waals surface area contributed by atoms with Gasteiger partial charge in [-0.3, -0.25) is 0 Å². The van der Waals surface area contributed by atoms with E-state index in [2.05, 4.69) is 0 Å². The second-order valence-electron chi connectivity index (χ2n) is 9.76. The van der Waals surface area contributed by atoms with E-state index in [1.54, 1.807) is 43.3 Å². The smallest absolute Gasteiger partial charge is 0.409 e. The summed E-state index contributed by atoms with van der Waals surface area (Å²) >= 11 is 0. The summed E-state index contributed by atoms with van der Waals surface area (Å²) in [4.78, 5) is 25.5. The van der Waals surface area contributed by atoms with E-state index in [1.807, 2.05) is 20.8 Å². The molecule has 1 amide bonds. The van der Waals surface area contributed by atoms with Crippen LogP contribution in [0.5, 0.6) is 5.75 Å². The minimum absolute atomic E-state index is 0.166. The van der Waals surface area contributed by atoms with Crippen molar-refractivity contribution in [2.75, 3.05) is 39.5 Å². The van der Waals surface area contributed by atoms with Crippen molar-refractivity contribution in [1.82, 2.24) is 4.90 Å². The number of aliphatic carboxylic acids is 1. The fourth-order valence-electron chi connectivity index (χ4n) is 3.24. The molecule has 0 heterocycles. The Balaban J connectivity index is 1.86. The number of benzene rings is 2. The molecule has 0 saturated carbocycles. The number of halogens is 1. The molecule has 0 aliphatic heterocycles. The summed E-state index contributed by atoms with van der Waals surface area (Å²) in [5.74, 6) is -0.703. The highest BCUT2D eigenvalue weighted by Gasteiger charge is 2.20. The van der Waals surface area contributed by atoms with E-state index in [4.69, 9.17) is 18.9 Å². The Morgan fingerprint density at radius 1 is 0.973 bits per heavy atom. The van der Waals surface area contributed by atoms with Crippen LogP contribution in [0.15, 0.2) is 48.5 Å². The number of hydrogen-bond donors (Lipinski definition) is 1. The van der Waals surface area contributed by atoms with Gasteiger partial charge in [0.15, 0.2) is 6.10 Å². The van der Waals surface area contributed by atoms with E-state index in [1.165, 1.54) is 17.0 Å². The van der Waals surface area contributed by atoms with Gasteiger partial charge in [-0.2, -0.15) is 0 Å². The third-order valence-corrected chi connectivity index (χ3v) is 5.19. The van der Waals surface area contributed by atoms with E-state index < -0.39 is 18.2 Å². The monoisotopic (exact) mass is 519 g/mol. The maximum absolute atomic E-state index is 13.1. The van der Waals surface area contributed by atoms with Gasteiger partial charge in [0, 0.05) is 19.6 Å². The van der Waals surface area contributed by atoms with E-state index in [0.717, 1.165) is 11.1 Å². The van der Waals surface area contributed by atoms with E-state index in [9.17, 15) is 19.1 Å². The number of carbonyl (C=O) groups excluding carboxylic acids is 1. The molecule has 2 aromatic rings. The number of carboxylic acid groups (broad SMARTS) is 1. The first-order valence-electron chi connectivity index (χ1n) is 12.4. The van der Waals surface area contributed by atoms with Gasteiger partial charge < -0.3 is 29.0 Å². The zero-order valence-electron chi connectivity index (χ0n) is 22.1. The van der Waals surface area contributed by atoms with Crippen LogP contribution >= 0.6 is 0 Å². The Bertz CT molecular complexity index is 958. The molecule has 1 N–H and O–H groups in total. The molecule has 37 heavy (non-hydrogen) atoms. The van der Waals surface area contributed by atoms with Crippen LogP contribution < -0.4 is 4.74 Å². The fraction of sp³-hybridized carbons (Fsp3) is 0.500. The SMILES string of the molecule is CCOC(Cc1ccc(OCCN(CCOCc2ccc(F)cc2)C(=O)OCC(C)(C)C)cc1)C(=O)O. The molecule has 9 heteroatoms. The van der Waals surface area contributed by atoms with Gasteiger partial charge in [0.1, 0.15) is 18.2 Å². The zero-order valence-corrected chi connectivity index (χ0v) is 22.1. The van der Waals surface area contributed by atoms with Gasteiger partial charge in [-0.05, 0) is 47.7 Å². The second-order valence-corrected chi connectivity index (χ2v) is 9.76. The van der Waals surface area contributed by atoms with Crippen LogP contribution in [0.25, 0.3) is 0 Å². The Hall–Kier alpha value is -3.17. The normalized spacial score (nSPS) is 12.1. The molecule has 0 bridgehead atoms. The summed E-state index contributed by atoms with van der Waals surface area (Å²) in [7, 11) is 0. The summed E-state index contributed by atoms with van der Waals surface area (Å²) in [6, 6.07) is 13.2. The molecule has 0 radical (unpaired) electrons. The van der Waals surface area contributed by atoms with Gasteiger partial charge in [0.05, 0.1) is 26.4 Å². The molecule has 1 unspecified atom stereocenters. The first-order chi connectivity index (χ1) is 17.6. The van der Waals surface area contributed by atoms with Crippen LogP contribution in [0.2, 0.25) is 0 Å². The molecule has 0 spiro atoms. The van der Waals surface area contributed by atoms with Crippen LogP contribution in [0.1, 0.15) is 38.8 Å². The largest absolute Gasteiger partial charge is 0.492 e. The Morgan fingerprint density at radius 3 is 2.19 bits per heavy atom. The molecule has 0 saturated heterocycles. The van der Waals surface area contributed by atoms with Crippen molar-refractivity contribution in [3.05, 3.63) is 65.5 Å². The van der Waals surface area contributed by atoms with Gasteiger partial charge in [0.2, 0.25) is 0 Å². The lowest BCUT2D eigenvalue weighted by molar-refractivity contribution is -0.149. The number of rotatable bonds is 15. The minimum atomic E-state index is -0.998. The van der Waals surface area contributed by atoms with Crippen molar-refractivity contribution in [2.45, 2.75) is 46.8 Å². The number of carbonyl (C=O) groups is 2. The predicted molar refractivity (Wildman–Crippen MR) is 137 cm³/mol. The maximum atomic E-state index is 13.1. The molecule has 8 nitrogen and oxygen atoms in total. The minimum Gasteiger partial charge on any atom is -0.492 e. The highest BCUT2D eigenvalue weighted by atomic mass is 19.1. The standard InChI is InChI=1S/C28H38FNO7/c1-5-35-25(26(31)32)18-21-8-12-24(13-9-21)36-17-15-30(27(33)37-20-28(2,3)4)14-16-34-19-22-6-10-23(29)11-7-22/h6-13,25H,5,14-20H2,1-4H3,(H,31,32). The summed E-state index contributed by atoms with van der Waals surface area (Å²) < 4.78 is 35.2. The number of amides is 1. The lowest BCUT2D eigenvalue weighted by atomic mass is 9.99. The van der Waals surface area contributed by atoms with Gasteiger partial charge >= 0.3 is 12.1 Å². The molecule has 2 rings (SSSR count). The molecule has 1 atom stereocenters. The van der Waals surface area contributed by atoms with Crippen LogP contribution in [0.4, 0.5) is 9.18 Å². The third kappa shape index (κ3) is 12.1. The van der Waals surface area contributed by atoms with Crippen molar-refractivity contribution in [3.63, 3.8) is 0 Å². The summed E-state index contributed by atoms with van der Waals surface area (Å²) in [6.07, 6.45) is -1.08. The fourth-order valence-corrected chi connectivity index (χ4v) is 3.24. The molecule has 0 fully saturated rings. The number of hydrogen-bond acceptors (Lipinski definition) is 6. The van der Waals surface area contributed by atoms with Crippen LogP contribution in [0.3, 0.4) is 0 Å². The lowest BCUT2D eigenvalue weighted by Crippen LogP contribution is -2.38. The van der Waals surface area contributed by atoms with E-state index in [-0.39, 0.29) is 44.0 Å². The van der Waals surface area contributed by atoms with Crippen LogP contribution in [-0.4, -0.2) is 67.7 Å². The van der Waals surface area contributed by atoms with Crippen LogP contribution in [-0.2, 0) is 32.0 Å². The molecule has 0 aliphatic rings. The molecule has 0 aromatic heterocycles. The maximum Gasteiger partial charge on any atom is 0.409 e. The molecule has 2 aromatic carbocycles. The molecular formula is C28H38FNO7. The van der Waals surface area contributed by atoms with Crippen molar-refractivity contribution < 1.29 is 38.0 Å². The number of carboxylic acids is 1. The highest BCUT2D eigenvalue weighted by molar-refractivity contribution is 5.72. The van der Waals surface area contributed by atoms with Crippen molar-refractivity contribution >= 4 is 12.1 Å². The Labute approximate surface area is 218 Å². The summed E-state index contributed by atoms with van der Waals surface area (Å²) in [5, 5.41) is 9.25. The topological polar surface area (TPSA) is 94.5 Å². The molecule has 0 aliphatic carbocycles. The average Bonchev–Trinajstić information content (AvgIpc) is 2.85. The average molecular weight is 520 g/mol. The first-order valence-corrected chi connectivity index (χ1v) is 12.4. The van der Waals surface area contributed by atoms with Crippen molar-refractivity contribution in [3.8, 4) is 5.75 Å². The zero-order chi connectivity index (χ0) is 27.3. The van der Waals surface area contributed by atoms with Gasteiger partial charge in [0.25, 0.3) is 0 Å². The van der Waals surface area contributed by atoms with E-state index >= 15 is 0 Å². The van der Waals surface area contributed by atoms with Gasteiger partial charge in [-0.25, -0.2) is 14.0 Å². The highest BCUT2D eigenvalue weighted by Crippen LogP contribution is 2.16. The molecular weight excluding hydrogens is 481 g/mol. The first kappa shape index (κ1) is 30.1. The third-order valence-electron chi connectivity index (χ3n) is 5.19. The van der Waals surface area contributed by atoms with Gasteiger partial charge in [-0.15, -0.1) is 0 Å². The number of ether oxygens (including phenoxy) is 4. The second kappa shape index (κ2) is 15.2. The summed E-state index contributed by atoms with van der Waals surface area (Å²) in [6.45, 7) is 9.72. The van der Waals surface area contributed by atoms with E-state index in [0.29, 0.717) is 25.5 Å². The Morgan fingerprint density at radius 2 is 1.59 bits per heavy atom. The predicted octanol–water partition coefficient (Wildman–Crippen LogP) is 4.94. The lowest BCUT2D eigenvalue weighted by Gasteiger charge is -2.25. The summed E-state index contributed by atoms with van der Waals surface area (Å²) in [5.41, 5.74) is 1.49. The van der Waals surface area contributed by atoms with Crippen molar-refractivity contribution in [1.29, 1.82) is 0 Å². The van der Waals surface area contributed by atoms with Crippen LogP contribution in [0, 0.1) is 11.2 Å². The quantitative estimate of drug-likeness (QED) is 0.333. The van der Waals surface area contributed by atoms with Crippen molar-refractivity contribution in [2.24, 2.45) is 5.41 Å². The Kier molecular flexibility index (Phi) is 12.3. The van der Waals surface area contributed by atoms with Gasteiger partial charge in [-0.1, -0.05) is 45.0 Å².